The molecule has 1 amide bonds. The Morgan fingerprint density at radius 1 is 1.35 bits per heavy atom. The Morgan fingerprint density at radius 3 is 2.87 bits per heavy atom. The van der Waals surface area contributed by atoms with E-state index in [2.05, 4.69) is 27.4 Å². The van der Waals surface area contributed by atoms with Crippen LogP contribution >= 0.6 is 22.7 Å². The van der Waals surface area contributed by atoms with Crippen LogP contribution in [0.1, 0.15) is 39.9 Å². The summed E-state index contributed by atoms with van der Waals surface area (Å²) in [4.78, 5) is 32.9. The Kier molecular flexibility index (Phi) is 8.00. The molecule has 1 aliphatic carbocycles. The van der Waals surface area contributed by atoms with Gasteiger partial charge in [0, 0.05) is 18.8 Å². The van der Waals surface area contributed by atoms with E-state index in [0.29, 0.717) is 21.4 Å². The molecule has 0 saturated heterocycles. The lowest BCUT2D eigenvalue weighted by atomic mass is 10.0. The molecular weight excluding hydrogens is 430 g/mol. The number of thiophene rings is 1. The number of anilines is 2. The molecule has 0 radical (unpaired) electrons. The van der Waals surface area contributed by atoms with Crippen molar-refractivity contribution in [2.24, 2.45) is 5.92 Å². The number of likely N-dealkylation sites (N-methyl/N-ethyl adjacent to an activating group) is 1. The summed E-state index contributed by atoms with van der Waals surface area (Å²) in [6, 6.07) is 1.92. The molecule has 1 unspecified atom stereocenters. The van der Waals surface area contributed by atoms with Crippen molar-refractivity contribution >= 4 is 45.3 Å². The second-order valence-electron chi connectivity index (χ2n) is 7.51. The number of hydrogen-bond donors (Lipinski definition) is 3. The summed E-state index contributed by atoms with van der Waals surface area (Å²) in [6.07, 6.45) is 7.37. The van der Waals surface area contributed by atoms with Crippen molar-refractivity contribution in [3.63, 3.8) is 0 Å². The highest BCUT2D eigenvalue weighted by atomic mass is 32.1. The highest BCUT2D eigenvalue weighted by Crippen LogP contribution is 2.31. The van der Waals surface area contributed by atoms with Crippen molar-refractivity contribution < 1.29 is 9.59 Å². The van der Waals surface area contributed by atoms with Gasteiger partial charge in [-0.1, -0.05) is 30.4 Å². The molecular formula is C22H29N5O2S2. The number of nitrogens with two attached hydrogens (primary N) is 1. The van der Waals surface area contributed by atoms with Crippen LogP contribution in [0.3, 0.4) is 0 Å². The minimum Gasteiger partial charge on any atom is -0.382 e. The summed E-state index contributed by atoms with van der Waals surface area (Å²) in [5, 5.41) is 8.71. The second-order valence-corrected chi connectivity index (χ2v) is 9.42. The van der Waals surface area contributed by atoms with Gasteiger partial charge in [0.1, 0.15) is 10.7 Å². The molecule has 3 rings (SSSR count). The van der Waals surface area contributed by atoms with Gasteiger partial charge in [-0.25, -0.2) is 4.98 Å². The quantitative estimate of drug-likeness (QED) is 0.495. The van der Waals surface area contributed by atoms with Gasteiger partial charge < -0.3 is 21.3 Å². The molecule has 0 spiro atoms. The predicted molar refractivity (Wildman–Crippen MR) is 129 cm³/mol. The van der Waals surface area contributed by atoms with Gasteiger partial charge in [-0.3, -0.25) is 9.59 Å². The molecule has 1 atom stereocenters. The molecule has 166 valence electrons. The van der Waals surface area contributed by atoms with Gasteiger partial charge in [0.15, 0.2) is 5.13 Å². The Bertz CT molecular complexity index is 992. The van der Waals surface area contributed by atoms with Crippen LogP contribution in [-0.4, -0.2) is 48.3 Å². The topological polar surface area (TPSA) is 100 Å². The molecule has 2 heterocycles. The minimum absolute atomic E-state index is 0.0492. The number of nitrogen functional groups attached to an aromatic ring is 1. The third kappa shape index (κ3) is 6.03. The fourth-order valence-corrected chi connectivity index (χ4v) is 4.94. The molecule has 2 aromatic heterocycles. The van der Waals surface area contributed by atoms with Gasteiger partial charge in [0.25, 0.3) is 0 Å². The number of amides is 1. The van der Waals surface area contributed by atoms with E-state index in [1.165, 1.54) is 22.7 Å². The van der Waals surface area contributed by atoms with Crippen molar-refractivity contribution in [3.8, 4) is 0 Å². The summed E-state index contributed by atoms with van der Waals surface area (Å²) in [5.74, 6) is 0.0279. The fraction of sp³-hybridized carbons (Fsp3) is 0.409. The summed E-state index contributed by atoms with van der Waals surface area (Å²) in [6.45, 7) is 6.44. The van der Waals surface area contributed by atoms with Crippen molar-refractivity contribution in [1.82, 2.24) is 15.2 Å². The van der Waals surface area contributed by atoms with E-state index in [9.17, 15) is 9.59 Å². The van der Waals surface area contributed by atoms with Gasteiger partial charge >= 0.3 is 0 Å². The van der Waals surface area contributed by atoms with Gasteiger partial charge in [-0.15, -0.1) is 11.3 Å². The molecule has 0 aromatic carbocycles. The average Bonchev–Trinajstić information content (AvgIpc) is 3.25. The van der Waals surface area contributed by atoms with Gasteiger partial charge in [0.2, 0.25) is 11.7 Å². The average molecular weight is 460 g/mol. The Hall–Kier alpha value is -2.49. The number of nitrogens with one attached hydrogen (secondary N) is 2. The minimum atomic E-state index is -0.164. The van der Waals surface area contributed by atoms with Crippen LogP contribution in [0.5, 0.6) is 0 Å². The second kappa shape index (κ2) is 10.7. The smallest absolute Gasteiger partial charge is 0.226 e. The Balaban J connectivity index is 1.60. The molecule has 2 aromatic rings. The molecule has 0 saturated carbocycles. The van der Waals surface area contributed by atoms with Crippen LogP contribution in [0, 0.1) is 12.8 Å². The number of carbonyl (C=O) groups excluding carboxylic acids is 2. The highest BCUT2D eigenvalue weighted by molar-refractivity contribution is 7.19. The van der Waals surface area contributed by atoms with Crippen molar-refractivity contribution in [1.29, 1.82) is 0 Å². The third-order valence-electron chi connectivity index (χ3n) is 5.20. The van der Waals surface area contributed by atoms with E-state index in [1.54, 1.807) is 0 Å². The molecule has 0 aliphatic heterocycles. The zero-order valence-electron chi connectivity index (χ0n) is 18.1. The van der Waals surface area contributed by atoms with Gasteiger partial charge in [0.05, 0.1) is 10.8 Å². The van der Waals surface area contributed by atoms with Gasteiger partial charge in [-0.2, -0.15) is 0 Å². The first-order valence-corrected chi connectivity index (χ1v) is 12.0. The number of carbonyl (C=O) groups is 2. The number of aryl methyl sites for hydroxylation is 1. The Labute approximate surface area is 191 Å². The first kappa shape index (κ1) is 23.2. The zero-order chi connectivity index (χ0) is 22.4. The number of hydrogen-bond acceptors (Lipinski definition) is 8. The molecule has 9 heteroatoms. The van der Waals surface area contributed by atoms with Crippen LogP contribution in [0.4, 0.5) is 10.9 Å². The monoisotopic (exact) mass is 459 g/mol. The predicted octanol–water partition coefficient (Wildman–Crippen LogP) is 3.66. The van der Waals surface area contributed by atoms with E-state index in [4.69, 9.17) is 5.73 Å². The van der Waals surface area contributed by atoms with Crippen LogP contribution < -0.4 is 16.4 Å². The first-order chi connectivity index (χ1) is 14.9. The maximum atomic E-state index is 12.8. The number of ketones is 1. The number of nitrogens with zero attached hydrogens (tertiary/aromatic N) is 2. The van der Waals surface area contributed by atoms with E-state index in [1.807, 2.05) is 43.6 Å². The SMILES string of the molecule is CCN(C)CCNC(=O)C1C=CC(Nc2nc(N)c(C(=O)c3sccc3C)s2)=CCC1. The van der Waals surface area contributed by atoms with Crippen LogP contribution in [0.15, 0.2) is 35.4 Å². The standard InChI is InChI=1S/C22H29N5O2S2/c1-4-27(3)12-11-24-21(29)15-6-5-7-16(9-8-15)25-22-26-20(23)19(31-22)17(28)18-14(2)10-13-30-18/h7-10,13,15H,4-6,11-12,23H2,1-3H3,(H,24,29)(H,25,26). The lowest BCUT2D eigenvalue weighted by molar-refractivity contribution is -0.123. The van der Waals surface area contributed by atoms with Gasteiger partial charge in [-0.05, 0) is 56.4 Å². The van der Waals surface area contributed by atoms with Crippen molar-refractivity contribution in [3.05, 3.63) is 50.7 Å². The Morgan fingerprint density at radius 2 is 2.16 bits per heavy atom. The molecule has 31 heavy (non-hydrogen) atoms. The summed E-state index contributed by atoms with van der Waals surface area (Å²) >= 11 is 2.66. The normalized spacial score (nSPS) is 16.1. The molecule has 0 bridgehead atoms. The molecule has 1 aliphatic rings. The van der Waals surface area contributed by atoms with Crippen molar-refractivity contribution in [2.75, 3.05) is 37.7 Å². The number of thiazole rings is 1. The highest BCUT2D eigenvalue weighted by Gasteiger charge is 2.21. The maximum Gasteiger partial charge on any atom is 0.226 e. The third-order valence-corrected chi connectivity index (χ3v) is 7.20. The molecule has 0 fully saturated rings. The number of allylic oxidation sites excluding steroid dienone is 2. The fourth-order valence-electron chi connectivity index (χ4n) is 3.15. The number of rotatable bonds is 9. The van der Waals surface area contributed by atoms with E-state index >= 15 is 0 Å². The number of aromatic nitrogens is 1. The first-order valence-electron chi connectivity index (χ1n) is 10.4. The van der Waals surface area contributed by atoms with Crippen LogP contribution in [0.2, 0.25) is 0 Å². The lowest BCUT2D eigenvalue weighted by Gasteiger charge is -2.16. The van der Waals surface area contributed by atoms with Crippen molar-refractivity contribution in [2.45, 2.75) is 26.7 Å². The van der Waals surface area contributed by atoms with Crippen LogP contribution in [0.25, 0.3) is 0 Å². The van der Waals surface area contributed by atoms with E-state index < -0.39 is 0 Å². The maximum absolute atomic E-state index is 12.8. The summed E-state index contributed by atoms with van der Waals surface area (Å²) < 4.78 is 0. The lowest BCUT2D eigenvalue weighted by Crippen LogP contribution is -2.36. The molecule has 7 nitrogen and oxygen atoms in total. The van der Waals surface area contributed by atoms with Crippen LogP contribution in [-0.2, 0) is 4.79 Å². The van der Waals surface area contributed by atoms with E-state index in [-0.39, 0.29) is 23.4 Å². The van der Waals surface area contributed by atoms with E-state index in [0.717, 1.165) is 37.2 Å². The summed E-state index contributed by atoms with van der Waals surface area (Å²) in [7, 11) is 2.03. The largest absolute Gasteiger partial charge is 0.382 e. The molecule has 4 N–H and O–H groups in total. The summed E-state index contributed by atoms with van der Waals surface area (Å²) in [5.41, 5.74) is 7.81. The zero-order valence-corrected chi connectivity index (χ0v) is 19.7.